The van der Waals surface area contributed by atoms with Gasteiger partial charge in [-0.2, -0.15) is 0 Å². The molecule has 0 saturated carbocycles. The van der Waals surface area contributed by atoms with Gasteiger partial charge in [-0.1, -0.05) is 17.7 Å². The van der Waals surface area contributed by atoms with E-state index in [1.165, 1.54) is 12.1 Å². The van der Waals surface area contributed by atoms with Gasteiger partial charge in [0.2, 0.25) is 5.91 Å². The highest BCUT2D eigenvalue weighted by molar-refractivity contribution is 6.30. The van der Waals surface area contributed by atoms with Gasteiger partial charge in [0.25, 0.3) is 0 Å². The summed E-state index contributed by atoms with van der Waals surface area (Å²) in [6.07, 6.45) is 0. The molecule has 1 rings (SSSR count). The largest absolute Gasteiger partial charge is 0.358 e. The molecule has 0 bridgehead atoms. The highest BCUT2D eigenvalue weighted by Crippen LogP contribution is 2.15. The van der Waals surface area contributed by atoms with Gasteiger partial charge in [0, 0.05) is 13.6 Å². The van der Waals surface area contributed by atoms with E-state index in [2.05, 4.69) is 10.6 Å². The molecular weight excluding hydrogens is 231 g/mol. The van der Waals surface area contributed by atoms with Crippen LogP contribution in [-0.4, -0.2) is 19.0 Å². The molecule has 5 heteroatoms. The van der Waals surface area contributed by atoms with Crippen LogP contribution in [0.5, 0.6) is 0 Å². The Kier molecular flexibility index (Phi) is 4.71. The van der Waals surface area contributed by atoms with Gasteiger partial charge in [0.1, 0.15) is 5.82 Å². The maximum absolute atomic E-state index is 13.1. The van der Waals surface area contributed by atoms with E-state index in [4.69, 9.17) is 11.6 Å². The van der Waals surface area contributed by atoms with Crippen molar-refractivity contribution in [3.8, 4) is 0 Å². The second-order valence-electron chi connectivity index (χ2n) is 3.47. The highest BCUT2D eigenvalue weighted by Gasteiger charge is 2.09. The Labute approximate surface area is 99.0 Å². The van der Waals surface area contributed by atoms with Crippen molar-refractivity contribution in [1.82, 2.24) is 10.6 Å². The normalized spacial score (nSPS) is 12.2. The lowest BCUT2D eigenvalue weighted by Gasteiger charge is -2.12. The summed E-state index contributed by atoms with van der Waals surface area (Å²) < 4.78 is 13.1. The van der Waals surface area contributed by atoms with Crippen LogP contribution < -0.4 is 10.6 Å². The van der Waals surface area contributed by atoms with Gasteiger partial charge in [-0.3, -0.25) is 4.79 Å². The van der Waals surface area contributed by atoms with E-state index in [0.717, 1.165) is 5.56 Å². The molecule has 0 spiro atoms. The molecule has 0 radical (unpaired) electrons. The molecule has 1 amide bonds. The molecule has 3 nitrogen and oxygen atoms in total. The number of rotatable bonds is 4. The number of carbonyl (C=O) groups is 1. The van der Waals surface area contributed by atoms with Crippen molar-refractivity contribution in [2.75, 3.05) is 7.05 Å². The summed E-state index contributed by atoms with van der Waals surface area (Å²) in [4.78, 5) is 11.2. The van der Waals surface area contributed by atoms with E-state index in [-0.39, 0.29) is 17.0 Å². The number of amides is 1. The van der Waals surface area contributed by atoms with E-state index in [9.17, 15) is 9.18 Å². The Morgan fingerprint density at radius 2 is 2.25 bits per heavy atom. The number of benzene rings is 1. The highest BCUT2D eigenvalue weighted by atomic mass is 35.5. The average molecular weight is 245 g/mol. The first-order valence-electron chi connectivity index (χ1n) is 4.93. The lowest BCUT2D eigenvalue weighted by Crippen LogP contribution is -2.40. The van der Waals surface area contributed by atoms with Gasteiger partial charge in [0.05, 0.1) is 11.1 Å². The van der Waals surface area contributed by atoms with Crippen molar-refractivity contribution < 1.29 is 9.18 Å². The fraction of sp³-hybridized carbons (Fsp3) is 0.364. The summed E-state index contributed by atoms with van der Waals surface area (Å²) in [7, 11) is 1.57. The molecule has 1 atom stereocenters. The predicted molar refractivity (Wildman–Crippen MR) is 61.8 cm³/mol. The SMILES string of the molecule is CNC(=O)[C@@H](C)NCc1ccc(Cl)c(F)c1. The summed E-state index contributed by atoms with van der Waals surface area (Å²) >= 11 is 5.56. The molecule has 0 fully saturated rings. The Bertz CT molecular complexity index is 384. The van der Waals surface area contributed by atoms with Crippen molar-refractivity contribution >= 4 is 17.5 Å². The third-order valence-corrected chi connectivity index (χ3v) is 2.54. The third kappa shape index (κ3) is 3.47. The van der Waals surface area contributed by atoms with Crippen molar-refractivity contribution in [3.05, 3.63) is 34.6 Å². The number of hydrogen-bond acceptors (Lipinski definition) is 2. The van der Waals surface area contributed by atoms with Crippen LogP contribution in [0.2, 0.25) is 5.02 Å². The lowest BCUT2D eigenvalue weighted by molar-refractivity contribution is -0.122. The van der Waals surface area contributed by atoms with Gasteiger partial charge in [-0.15, -0.1) is 0 Å². The predicted octanol–water partition coefficient (Wildman–Crippen LogP) is 1.70. The van der Waals surface area contributed by atoms with E-state index in [1.54, 1.807) is 20.0 Å². The summed E-state index contributed by atoms with van der Waals surface area (Å²) in [6.45, 7) is 2.16. The van der Waals surface area contributed by atoms with Crippen molar-refractivity contribution in [2.24, 2.45) is 0 Å². The van der Waals surface area contributed by atoms with Crippen LogP contribution in [0.25, 0.3) is 0 Å². The molecule has 0 aliphatic rings. The topological polar surface area (TPSA) is 41.1 Å². The molecule has 88 valence electrons. The Hall–Kier alpha value is -1.13. The van der Waals surface area contributed by atoms with E-state index in [1.807, 2.05) is 0 Å². The molecule has 0 aliphatic carbocycles. The number of carbonyl (C=O) groups excluding carboxylic acids is 1. The van der Waals surface area contributed by atoms with Gasteiger partial charge >= 0.3 is 0 Å². The second kappa shape index (κ2) is 5.82. The summed E-state index contributed by atoms with van der Waals surface area (Å²) in [6, 6.07) is 4.25. The second-order valence-corrected chi connectivity index (χ2v) is 3.87. The molecule has 1 aromatic rings. The van der Waals surface area contributed by atoms with Crippen LogP contribution in [0.3, 0.4) is 0 Å². The molecule has 0 unspecified atom stereocenters. The van der Waals surface area contributed by atoms with Crippen LogP contribution in [-0.2, 0) is 11.3 Å². The Morgan fingerprint density at radius 1 is 1.56 bits per heavy atom. The molecule has 0 heterocycles. The fourth-order valence-corrected chi connectivity index (χ4v) is 1.35. The molecule has 0 aromatic heterocycles. The first-order valence-corrected chi connectivity index (χ1v) is 5.31. The maximum Gasteiger partial charge on any atom is 0.236 e. The van der Waals surface area contributed by atoms with Gasteiger partial charge in [-0.05, 0) is 24.6 Å². The van der Waals surface area contributed by atoms with E-state index >= 15 is 0 Å². The molecule has 1 aromatic carbocycles. The zero-order chi connectivity index (χ0) is 12.1. The van der Waals surface area contributed by atoms with E-state index < -0.39 is 5.82 Å². The van der Waals surface area contributed by atoms with Crippen molar-refractivity contribution in [1.29, 1.82) is 0 Å². The maximum atomic E-state index is 13.1. The molecule has 2 N–H and O–H groups in total. The zero-order valence-electron chi connectivity index (χ0n) is 9.18. The van der Waals surface area contributed by atoms with Crippen LogP contribution in [0, 0.1) is 5.82 Å². The standard InChI is InChI=1S/C11H14ClFN2O/c1-7(11(16)14-2)15-6-8-3-4-9(12)10(13)5-8/h3-5,7,15H,6H2,1-2H3,(H,14,16)/t7-/m1/s1. The minimum absolute atomic E-state index is 0.100. The van der Waals surface area contributed by atoms with Crippen LogP contribution in [0.4, 0.5) is 4.39 Å². The Balaban J connectivity index is 2.55. The van der Waals surface area contributed by atoms with Crippen molar-refractivity contribution in [3.63, 3.8) is 0 Å². The van der Waals surface area contributed by atoms with E-state index in [0.29, 0.717) is 6.54 Å². The summed E-state index contributed by atoms with van der Waals surface area (Å²) in [5, 5.41) is 5.60. The zero-order valence-corrected chi connectivity index (χ0v) is 9.94. The molecule has 0 aliphatic heterocycles. The van der Waals surface area contributed by atoms with Gasteiger partial charge < -0.3 is 10.6 Å². The van der Waals surface area contributed by atoms with Crippen LogP contribution in [0.15, 0.2) is 18.2 Å². The molecular formula is C11H14ClFN2O. The summed E-state index contributed by atoms with van der Waals surface area (Å²) in [5.74, 6) is -0.553. The monoisotopic (exact) mass is 244 g/mol. The lowest BCUT2D eigenvalue weighted by atomic mass is 10.2. The smallest absolute Gasteiger partial charge is 0.236 e. The van der Waals surface area contributed by atoms with Gasteiger partial charge in [-0.25, -0.2) is 4.39 Å². The first-order chi connectivity index (χ1) is 7.54. The van der Waals surface area contributed by atoms with Crippen LogP contribution in [0.1, 0.15) is 12.5 Å². The molecule has 16 heavy (non-hydrogen) atoms. The Morgan fingerprint density at radius 3 is 2.81 bits per heavy atom. The number of likely N-dealkylation sites (N-methyl/N-ethyl adjacent to an activating group) is 1. The minimum atomic E-state index is -0.450. The number of halogens is 2. The first kappa shape index (κ1) is 12.9. The number of hydrogen-bond donors (Lipinski definition) is 2. The van der Waals surface area contributed by atoms with Gasteiger partial charge in [0.15, 0.2) is 0 Å². The number of nitrogens with one attached hydrogen (secondary N) is 2. The average Bonchev–Trinajstić information content (AvgIpc) is 2.29. The third-order valence-electron chi connectivity index (χ3n) is 2.24. The fourth-order valence-electron chi connectivity index (χ4n) is 1.23. The van der Waals surface area contributed by atoms with Crippen molar-refractivity contribution in [2.45, 2.75) is 19.5 Å². The minimum Gasteiger partial charge on any atom is -0.358 e. The molecule has 0 saturated heterocycles. The van der Waals surface area contributed by atoms with Crippen LogP contribution >= 0.6 is 11.6 Å². The summed E-state index contributed by atoms with van der Waals surface area (Å²) in [5.41, 5.74) is 0.748. The quantitative estimate of drug-likeness (QED) is 0.847.